The second-order valence-corrected chi connectivity index (χ2v) is 9.02. The third kappa shape index (κ3) is 3.25. The van der Waals surface area contributed by atoms with Gasteiger partial charge in [-0.2, -0.15) is 10.1 Å². The molecule has 1 amide bonds. The fraction of sp³-hybridized carbons (Fsp3) is 0.348. The van der Waals surface area contributed by atoms with E-state index in [2.05, 4.69) is 20.1 Å². The molecule has 2 fully saturated rings. The molecule has 6 rings (SSSR count). The number of alkyl halides is 2. The number of halogens is 3. The van der Waals surface area contributed by atoms with Crippen LogP contribution in [0.15, 0.2) is 42.9 Å². The summed E-state index contributed by atoms with van der Waals surface area (Å²) in [6.07, 6.45) is 3.43. The molecule has 7 nitrogen and oxygen atoms in total. The van der Waals surface area contributed by atoms with Crippen molar-refractivity contribution < 1.29 is 13.6 Å². The van der Waals surface area contributed by atoms with Crippen molar-refractivity contribution >= 4 is 34.2 Å². The highest BCUT2D eigenvalue weighted by atomic mass is 35.5. The lowest BCUT2D eigenvalue weighted by atomic mass is 9.86. The summed E-state index contributed by atoms with van der Waals surface area (Å²) < 4.78 is 28.6. The minimum Gasteiger partial charge on any atom is -0.332 e. The van der Waals surface area contributed by atoms with Gasteiger partial charge in [-0.05, 0) is 43.9 Å². The van der Waals surface area contributed by atoms with Crippen molar-refractivity contribution in [1.82, 2.24) is 29.5 Å². The Morgan fingerprint density at radius 2 is 1.97 bits per heavy atom. The zero-order chi connectivity index (χ0) is 22.7. The highest BCUT2D eigenvalue weighted by molar-refractivity contribution is 6.35. The molecule has 5 heterocycles. The molecular formula is C23H19ClF2N6O. The van der Waals surface area contributed by atoms with Crippen LogP contribution >= 0.6 is 11.6 Å². The van der Waals surface area contributed by atoms with Crippen molar-refractivity contribution in [1.29, 1.82) is 0 Å². The Morgan fingerprint density at radius 3 is 2.82 bits per heavy atom. The van der Waals surface area contributed by atoms with Gasteiger partial charge in [0, 0.05) is 29.6 Å². The first kappa shape index (κ1) is 20.4. The molecule has 33 heavy (non-hydrogen) atoms. The fourth-order valence-electron chi connectivity index (χ4n) is 5.44. The van der Waals surface area contributed by atoms with Crippen molar-refractivity contribution in [2.45, 2.75) is 50.1 Å². The maximum Gasteiger partial charge on any atom is 0.280 e. The molecule has 1 aromatic carbocycles. The fourth-order valence-corrected chi connectivity index (χ4v) is 5.67. The summed E-state index contributed by atoms with van der Waals surface area (Å²) >= 11 is 6.22. The summed E-state index contributed by atoms with van der Waals surface area (Å²) in [5.41, 5.74) is 1.45. The average molecular weight is 469 g/mol. The van der Waals surface area contributed by atoms with Gasteiger partial charge >= 0.3 is 0 Å². The number of carbonyl (C=O) groups is 1. The third-order valence-corrected chi connectivity index (χ3v) is 7.17. The number of hydrogen-bond donors (Lipinski definition) is 0. The van der Waals surface area contributed by atoms with Gasteiger partial charge < -0.3 is 4.90 Å². The van der Waals surface area contributed by atoms with Gasteiger partial charge in [0.25, 0.3) is 18.1 Å². The zero-order valence-corrected chi connectivity index (χ0v) is 18.2. The third-order valence-electron chi connectivity index (χ3n) is 6.87. The van der Waals surface area contributed by atoms with Gasteiger partial charge in [0.05, 0.1) is 21.8 Å². The lowest BCUT2D eigenvalue weighted by Crippen LogP contribution is -2.47. The molecule has 0 radical (unpaired) electrons. The molecule has 0 unspecified atom stereocenters. The molecule has 0 N–H and O–H groups in total. The van der Waals surface area contributed by atoms with Crippen molar-refractivity contribution in [3.05, 3.63) is 64.8 Å². The molecule has 2 aliphatic rings. The predicted octanol–water partition coefficient (Wildman–Crippen LogP) is 4.81. The van der Waals surface area contributed by atoms with Crippen LogP contribution in [0.5, 0.6) is 0 Å². The minimum atomic E-state index is -2.71. The molecule has 0 saturated carbocycles. The number of aromatic nitrogens is 5. The lowest BCUT2D eigenvalue weighted by Gasteiger charge is -2.40. The van der Waals surface area contributed by atoms with Crippen LogP contribution in [0.25, 0.3) is 16.7 Å². The Labute approximate surface area is 192 Å². The lowest BCUT2D eigenvalue weighted by molar-refractivity contribution is 0.0553. The second kappa shape index (κ2) is 7.69. The first-order chi connectivity index (χ1) is 16.0. The maximum absolute atomic E-state index is 13.6. The van der Waals surface area contributed by atoms with Gasteiger partial charge in [0.2, 0.25) is 0 Å². The van der Waals surface area contributed by atoms with Crippen molar-refractivity contribution in [2.75, 3.05) is 0 Å². The quantitative estimate of drug-likeness (QED) is 0.431. The smallest absolute Gasteiger partial charge is 0.280 e. The number of benzene rings is 1. The van der Waals surface area contributed by atoms with Gasteiger partial charge in [0.15, 0.2) is 0 Å². The standard InChI is InChI=1S/C23H19ClF2N6O/c24-16-3-1-2-12-8-13(10-27-20(12)16)22(33)31-14-4-6-15(18(31)7-5-14)19-9-17(21(25)26)30-23-28-11-29-32(19)23/h1-3,8-11,14-15,18,21H,4-7H2/t14-,15-,18-/m0/s1. The number of hydrogen-bond acceptors (Lipinski definition) is 5. The summed E-state index contributed by atoms with van der Waals surface area (Å²) in [6.45, 7) is 0. The van der Waals surface area contributed by atoms with Crippen LogP contribution in [-0.4, -0.2) is 47.5 Å². The van der Waals surface area contributed by atoms with E-state index in [4.69, 9.17) is 11.6 Å². The maximum atomic E-state index is 13.6. The van der Waals surface area contributed by atoms with Gasteiger partial charge in [0.1, 0.15) is 12.0 Å². The van der Waals surface area contributed by atoms with Crippen LogP contribution in [0.4, 0.5) is 8.78 Å². The molecule has 3 aromatic heterocycles. The Kier molecular flexibility index (Phi) is 4.76. The number of piperidine rings is 1. The molecule has 0 aliphatic carbocycles. The number of amides is 1. The van der Waals surface area contributed by atoms with E-state index in [9.17, 15) is 13.6 Å². The van der Waals surface area contributed by atoms with E-state index in [1.54, 1.807) is 12.3 Å². The topological polar surface area (TPSA) is 76.3 Å². The normalized spacial score (nSPS) is 22.5. The van der Waals surface area contributed by atoms with E-state index in [0.717, 1.165) is 31.1 Å². The van der Waals surface area contributed by atoms with Crippen LogP contribution in [0.1, 0.15) is 59.8 Å². The van der Waals surface area contributed by atoms with Gasteiger partial charge in [-0.3, -0.25) is 9.78 Å². The second-order valence-electron chi connectivity index (χ2n) is 8.61. The molecule has 2 saturated heterocycles. The van der Waals surface area contributed by atoms with E-state index in [1.165, 1.54) is 16.9 Å². The Morgan fingerprint density at radius 1 is 1.12 bits per heavy atom. The van der Waals surface area contributed by atoms with Crippen LogP contribution < -0.4 is 0 Å². The molecule has 10 heteroatoms. The number of fused-ring (bicyclic) bond motifs is 4. The molecule has 2 aliphatic heterocycles. The molecule has 0 spiro atoms. The van der Waals surface area contributed by atoms with E-state index in [1.807, 2.05) is 23.1 Å². The van der Waals surface area contributed by atoms with Crippen LogP contribution in [0.3, 0.4) is 0 Å². The first-order valence-electron chi connectivity index (χ1n) is 10.9. The number of nitrogens with zero attached hydrogens (tertiary/aromatic N) is 6. The van der Waals surface area contributed by atoms with Gasteiger partial charge in [-0.25, -0.2) is 18.3 Å². The Balaban J connectivity index is 1.39. The molecule has 168 valence electrons. The van der Waals surface area contributed by atoms with Crippen molar-refractivity contribution in [3.63, 3.8) is 0 Å². The zero-order valence-electron chi connectivity index (χ0n) is 17.4. The average Bonchev–Trinajstić information content (AvgIpc) is 3.41. The van der Waals surface area contributed by atoms with E-state index >= 15 is 0 Å². The summed E-state index contributed by atoms with van der Waals surface area (Å²) in [5.74, 6) is -0.0868. The summed E-state index contributed by atoms with van der Waals surface area (Å²) in [7, 11) is 0. The number of rotatable bonds is 3. The van der Waals surface area contributed by atoms with Crippen molar-refractivity contribution in [2.24, 2.45) is 0 Å². The minimum absolute atomic E-state index is 0.0976. The van der Waals surface area contributed by atoms with E-state index in [0.29, 0.717) is 21.8 Å². The largest absolute Gasteiger partial charge is 0.332 e. The van der Waals surface area contributed by atoms with Crippen LogP contribution in [0, 0.1) is 0 Å². The molecule has 4 aromatic rings. The van der Waals surface area contributed by atoms with E-state index < -0.39 is 6.43 Å². The van der Waals surface area contributed by atoms with Gasteiger partial charge in [-0.15, -0.1) is 0 Å². The first-order valence-corrected chi connectivity index (χ1v) is 11.2. The number of carbonyl (C=O) groups excluding carboxylic acids is 1. The number of pyridine rings is 1. The summed E-state index contributed by atoms with van der Waals surface area (Å²) in [6, 6.07) is 8.70. The molecule has 3 atom stereocenters. The highest BCUT2D eigenvalue weighted by Gasteiger charge is 2.46. The Bertz CT molecular complexity index is 1390. The SMILES string of the molecule is O=C(c1cnc2c(Cl)cccc2c1)N1[C@H]2CC[C@H](c3cc(C(F)F)nc4ncnn34)[C@@H]1CC2. The van der Waals surface area contributed by atoms with Crippen LogP contribution in [-0.2, 0) is 0 Å². The summed E-state index contributed by atoms with van der Waals surface area (Å²) in [5, 5.41) is 5.56. The summed E-state index contributed by atoms with van der Waals surface area (Å²) in [4.78, 5) is 27.9. The highest BCUT2D eigenvalue weighted by Crippen LogP contribution is 2.45. The monoisotopic (exact) mass is 468 g/mol. The predicted molar refractivity (Wildman–Crippen MR) is 117 cm³/mol. The molecule has 2 bridgehead atoms. The van der Waals surface area contributed by atoms with Crippen LogP contribution in [0.2, 0.25) is 5.02 Å². The van der Waals surface area contributed by atoms with Gasteiger partial charge in [-0.1, -0.05) is 23.7 Å². The Hall–Kier alpha value is -3.20. The molecular weight excluding hydrogens is 450 g/mol. The van der Waals surface area contributed by atoms with E-state index in [-0.39, 0.29) is 35.4 Å². The van der Waals surface area contributed by atoms with Crippen molar-refractivity contribution in [3.8, 4) is 0 Å². The number of para-hydroxylation sites is 1.